The van der Waals surface area contributed by atoms with E-state index >= 15 is 0 Å². The van der Waals surface area contributed by atoms with Crippen LogP contribution in [-0.4, -0.2) is 15.6 Å². The molecule has 1 atom stereocenters. The Morgan fingerprint density at radius 1 is 1.55 bits per heavy atom. The molecule has 3 nitrogen and oxygen atoms in total. The van der Waals surface area contributed by atoms with Crippen molar-refractivity contribution in [1.82, 2.24) is 4.57 Å². The number of aliphatic carboxylic acids is 1. The molecule has 0 saturated carbocycles. The van der Waals surface area contributed by atoms with Gasteiger partial charge >= 0.3 is 5.97 Å². The van der Waals surface area contributed by atoms with Crippen molar-refractivity contribution in [3.63, 3.8) is 0 Å². The third-order valence-corrected chi connectivity index (χ3v) is 1.66. The summed E-state index contributed by atoms with van der Waals surface area (Å²) in [5.74, 6) is -0.774. The Kier molecular flexibility index (Phi) is 2.31. The molecule has 3 heteroatoms. The zero-order valence-corrected chi connectivity index (χ0v) is 6.40. The predicted molar refractivity (Wildman–Crippen MR) is 41.4 cm³/mol. The van der Waals surface area contributed by atoms with Gasteiger partial charge in [-0.3, -0.25) is 0 Å². The van der Waals surface area contributed by atoms with Crippen molar-refractivity contribution in [2.75, 3.05) is 0 Å². The summed E-state index contributed by atoms with van der Waals surface area (Å²) in [4.78, 5) is 10.6. The number of hydrogen-bond acceptors (Lipinski definition) is 1. The van der Waals surface area contributed by atoms with Crippen LogP contribution >= 0.6 is 0 Å². The van der Waals surface area contributed by atoms with Gasteiger partial charge in [0.15, 0.2) is 0 Å². The summed E-state index contributed by atoms with van der Waals surface area (Å²) in [7, 11) is 0. The Bertz CT molecular complexity index is 228. The van der Waals surface area contributed by atoms with Gasteiger partial charge in [0.25, 0.3) is 0 Å². The van der Waals surface area contributed by atoms with Crippen molar-refractivity contribution in [1.29, 1.82) is 0 Å². The highest BCUT2D eigenvalue weighted by molar-refractivity contribution is 5.71. The SMILES string of the molecule is CC[C@@H](C(=O)O)n1cccc1. The Morgan fingerprint density at radius 3 is 2.45 bits per heavy atom. The highest BCUT2D eigenvalue weighted by atomic mass is 16.4. The fourth-order valence-corrected chi connectivity index (χ4v) is 1.07. The first kappa shape index (κ1) is 7.85. The van der Waals surface area contributed by atoms with Crippen molar-refractivity contribution >= 4 is 5.97 Å². The van der Waals surface area contributed by atoms with Crippen molar-refractivity contribution < 1.29 is 9.90 Å². The minimum absolute atomic E-state index is 0.412. The quantitative estimate of drug-likeness (QED) is 0.715. The maximum atomic E-state index is 10.6. The Hall–Kier alpha value is -1.25. The summed E-state index contributed by atoms with van der Waals surface area (Å²) in [5.41, 5.74) is 0. The largest absolute Gasteiger partial charge is 0.480 e. The van der Waals surface area contributed by atoms with E-state index in [0.29, 0.717) is 6.42 Å². The molecular weight excluding hydrogens is 142 g/mol. The zero-order chi connectivity index (χ0) is 8.27. The lowest BCUT2D eigenvalue weighted by atomic mass is 10.2. The maximum absolute atomic E-state index is 10.6. The molecule has 0 amide bonds. The van der Waals surface area contributed by atoms with E-state index in [9.17, 15) is 4.79 Å². The lowest BCUT2D eigenvalue weighted by molar-refractivity contribution is -0.141. The minimum atomic E-state index is -0.774. The van der Waals surface area contributed by atoms with Crippen LogP contribution in [0.1, 0.15) is 19.4 Å². The van der Waals surface area contributed by atoms with E-state index in [1.54, 1.807) is 17.0 Å². The molecule has 0 aliphatic rings. The van der Waals surface area contributed by atoms with Gasteiger partial charge in [0.2, 0.25) is 0 Å². The van der Waals surface area contributed by atoms with Gasteiger partial charge in [-0.2, -0.15) is 0 Å². The van der Waals surface area contributed by atoms with Gasteiger partial charge in [0.05, 0.1) is 0 Å². The molecule has 1 aromatic rings. The third-order valence-electron chi connectivity index (χ3n) is 1.66. The molecule has 0 fully saturated rings. The van der Waals surface area contributed by atoms with Crippen LogP contribution in [0.2, 0.25) is 0 Å². The summed E-state index contributed by atoms with van der Waals surface area (Å²) >= 11 is 0. The highest BCUT2D eigenvalue weighted by Gasteiger charge is 2.14. The van der Waals surface area contributed by atoms with Crippen LogP contribution in [0.5, 0.6) is 0 Å². The van der Waals surface area contributed by atoms with E-state index in [2.05, 4.69) is 0 Å². The summed E-state index contributed by atoms with van der Waals surface area (Å²) in [6.07, 6.45) is 4.15. The Balaban J connectivity index is 2.79. The van der Waals surface area contributed by atoms with E-state index in [4.69, 9.17) is 5.11 Å². The average molecular weight is 153 g/mol. The van der Waals surface area contributed by atoms with Gasteiger partial charge in [-0.25, -0.2) is 4.79 Å². The fraction of sp³-hybridized carbons (Fsp3) is 0.375. The molecule has 1 heterocycles. The smallest absolute Gasteiger partial charge is 0.326 e. The molecule has 60 valence electrons. The third kappa shape index (κ3) is 1.61. The molecule has 0 aliphatic heterocycles. The number of nitrogens with zero attached hydrogens (tertiary/aromatic N) is 1. The van der Waals surface area contributed by atoms with Crippen molar-refractivity contribution in [2.45, 2.75) is 19.4 Å². The highest BCUT2D eigenvalue weighted by Crippen LogP contribution is 2.10. The standard InChI is InChI=1S/C8H11NO2/c1-2-7(8(10)11)9-5-3-4-6-9/h3-7H,2H2,1H3,(H,10,11)/t7-/m0/s1. The topological polar surface area (TPSA) is 42.2 Å². The molecule has 0 saturated heterocycles. The molecule has 0 unspecified atom stereocenters. The monoisotopic (exact) mass is 153 g/mol. The fourth-order valence-electron chi connectivity index (χ4n) is 1.07. The van der Waals surface area contributed by atoms with Crippen LogP contribution in [0.15, 0.2) is 24.5 Å². The number of aromatic nitrogens is 1. The van der Waals surface area contributed by atoms with Crippen LogP contribution < -0.4 is 0 Å². The number of rotatable bonds is 3. The molecule has 11 heavy (non-hydrogen) atoms. The molecule has 0 spiro atoms. The van der Waals surface area contributed by atoms with E-state index in [0.717, 1.165) is 0 Å². The number of hydrogen-bond donors (Lipinski definition) is 1. The lowest BCUT2D eigenvalue weighted by Crippen LogP contribution is -2.16. The molecule has 1 rings (SSSR count). The average Bonchev–Trinajstić information content (AvgIpc) is 2.40. The molecule has 0 radical (unpaired) electrons. The Morgan fingerprint density at radius 2 is 2.09 bits per heavy atom. The van der Waals surface area contributed by atoms with Crippen LogP contribution in [0.25, 0.3) is 0 Å². The summed E-state index contributed by atoms with van der Waals surface area (Å²) < 4.78 is 1.70. The van der Waals surface area contributed by atoms with E-state index in [-0.39, 0.29) is 0 Å². The Labute approximate surface area is 65.3 Å². The van der Waals surface area contributed by atoms with Crippen LogP contribution in [-0.2, 0) is 4.79 Å². The first-order chi connectivity index (χ1) is 5.25. The van der Waals surface area contributed by atoms with Crippen molar-refractivity contribution in [3.05, 3.63) is 24.5 Å². The van der Waals surface area contributed by atoms with Gasteiger partial charge < -0.3 is 9.67 Å². The van der Waals surface area contributed by atoms with E-state index < -0.39 is 12.0 Å². The molecule has 0 aliphatic carbocycles. The van der Waals surface area contributed by atoms with Crippen LogP contribution in [0.4, 0.5) is 0 Å². The van der Waals surface area contributed by atoms with Gasteiger partial charge in [-0.1, -0.05) is 6.92 Å². The van der Waals surface area contributed by atoms with Gasteiger partial charge in [0.1, 0.15) is 6.04 Å². The van der Waals surface area contributed by atoms with E-state index in [1.165, 1.54) is 0 Å². The number of carboxylic acid groups (broad SMARTS) is 1. The number of carboxylic acids is 1. The van der Waals surface area contributed by atoms with Crippen molar-refractivity contribution in [2.24, 2.45) is 0 Å². The van der Waals surface area contributed by atoms with Crippen molar-refractivity contribution in [3.8, 4) is 0 Å². The zero-order valence-electron chi connectivity index (χ0n) is 6.40. The normalized spacial score (nSPS) is 12.8. The molecular formula is C8H11NO2. The first-order valence-electron chi connectivity index (χ1n) is 3.61. The predicted octanol–water partition coefficient (Wildman–Crippen LogP) is 1.52. The first-order valence-corrected chi connectivity index (χ1v) is 3.61. The second-order valence-corrected chi connectivity index (χ2v) is 2.39. The molecule has 1 N–H and O–H groups in total. The second-order valence-electron chi connectivity index (χ2n) is 2.39. The maximum Gasteiger partial charge on any atom is 0.326 e. The summed E-state index contributed by atoms with van der Waals surface area (Å²) in [5, 5.41) is 8.72. The summed E-state index contributed by atoms with van der Waals surface area (Å²) in [6, 6.07) is 3.24. The molecule has 0 aromatic carbocycles. The van der Waals surface area contributed by atoms with Crippen LogP contribution in [0, 0.1) is 0 Å². The lowest BCUT2D eigenvalue weighted by Gasteiger charge is -2.10. The minimum Gasteiger partial charge on any atom is -0.480 e. The van der Waals surface area contributed by atoms with Gasteiger partial charge in [-0.05, 0) is 18.6 Å². The van der Waals surface area contributed by atoms with Gasteiger partial charge in [-0.15, -0.1) is 0 Å². The summed E-state index contributed by atoms with van der Waals surface area (Å²) in [6.45, 7) is 1.86. The van der Waals surface area contributed by atoms with Crippen LogP contribution in [0.3, 0.4) is 0 Å². The molecule has 1 aromatic heterocycles. The van der Waals surface area contributed by atoms with Gasteiger partial charge in [0, 0.05) is 12.4 Å². The number of carbonyl (C=O) groups is 1. The second kappa shape index (κ2) is 3.23. The molecule has 0 bridgehead atoms. The van der Waals surface area contributed by atoms with E-state index in [1.807, 2.05) is 19.1 Å².